The number of thioether (sulfide) groups is 1. The zero-order valence-corrected chi connectivity index (χ0v) is 19.0. The molecule has 30 heavy (non-hydrogen) atoms. The fourth-order valence-corrected chi connectivity index (χ4v) is 6.17. The third-order valence-corrected chi connectivity index (χ3v) is 8.05. The topological polar surface area (TPSA) is 52.7 Å². The molecule has 2 aromatic rings. The summed E-state index contributed by atoms with van der Waals surface area (Å²) in [6.07, 6.45) is 2.41. The average molecular weight is 444 g/mol. The maximum atomic E-state index is 13.1. The van der Waals surface area contributed by atoms with E-state index in [1.807, 2.05) is 30.3 Å². The second kappa shape index (κ2) is 9.98. The van der Waals surface area contributed by atoms with Crippen LogP contribution in [-0.4, -0.2) is 58.9 Å². The highest BCUT2D eigenvalue weighted by molar-refractivity contribution is 7.99. The summed E-state index contributed by atoms with van der Waals surface area (Å²) in [5.74, 6) is 1.86. The number of amides is 2. The molecule has 0 saturated carbocycles. The van der Waals surface area contributed by atoms with Crippen LogP contribution in [0.5, 0.6) is 0 Å². The van der Waals surface area contributed by atoms with E-state index in [4.69, 9.17) is 0 Å². The largest absolute Gasteiger partial charge is 0.352 e. The van der Waals surface area contributed by atoms with Gasteiger partial charge in [-0.25, -0.2) is 0 Å². The van der Waals surface area contributed by atoms with Gasteiger partial charge in [0.05, 0.1) is 11.9 Å². The third kappa shape index (κ3) is 4.90. The monoisotopic (exact) mass is 443 g/mol. The van der Waals surface area contributed by atoms with Gasteiger partial charge in [0.25, 0.3) is 5.91 Å². The zero-order valence-electron chi connectivity index (χ0n) is 17.3. The summed E-state index contributed by atoms with van der Waals surface area (Å²) in [7, 11) is 0. The van der Waals surface area contributed by atoms with Crippen LogP contribution in [0.15, 0.2) is 47.8 Å². The van der Waals surface area contributed by atoms with Gasteiger partial charge in [-0.2, -0.15) is 0 Å². The number of hydrogen-bond donors (Lipinski definition) is 1. The van der Waals surface area contributed by atoms with Crippen LogP contribution in [0.3, 0.4) is 0 Å². The summed E-state index contributed by atoms with van der Waals surface area (Å²) in [4.78, 5) is 31.5. The SMILES string of the molecule is CC1CCN(C(CNC(=O)C2CSCN2C(=O)c2ccccc2)c2cccs2)CC1. The number of rotatable bonds is 6. The fourth-order valence-electron chi connectivity index (χ4n) is 4.15. The smallest absolute Gasteiger partial charge is 0.255 e. The Morgan fingerprint density at radius 1 is 1.13 bits per heavy atom. The molecule has 2 unspecified atom stereocenters. The normalized spacial score (nSPS) is 21.5. The minimum Gasteiger partial charge on any atom is -0.352 e. The van der Waals surface area contributed by atoms with Crippen molar-refractivity contribution in [3.63, 3.8) is 0 Å². The molecule has 0 spiro atoms. The van der Waals surface area contributed by atoms with Gasteiger partial charge in [-0.15, -0.1) is 23.1 Å². The number of carbonyl (C=O) groups excluding carboxylic acids is 2. The molecule has 1 N–H and O–H groups in total. The molecule has 0 aliphatic carbocycles. The second-order valence-corrected chi connectivity index (χ2v) is 10.1. The molecule has 2 aliphatic heterocycles. The molecule has 4 rings (SSSR count). The van der Waals surface area contributed by atoms with Crippen LogP contribution in [-0.2, 0) is 4.79 Å². The molecule has 2 amide bonds. The number of thiophene rings is 1. The van der Waals surface area contributed by atoms with Crippen LogP contribution in [0, 0.1) is 5.92 Å². The highest BCUT2D eigenvalue weighted by atomic mass is 32.2. The van der Waals surface area contributed by atoms with Crippen LogP contribution >= 0.6 is 23.1 Å². The molecule has 2 fully saturated rings. The minimum absolute atomic E-state index is 0.0452. The molecular formula is C23H29N3O2S2. The van der Waals surface area contributed by atoms with E-state index in [9.17, 15) is 9.59 Å². The summed E-state index contributed by atoms with van der Waals surface area (Å²) < 4.78 is 0. The number of hydrogen-bond acceptors (Lipinski definition) is 5. The Kier molecular flexibility index (Phi) is 7.12. The van der Waals surface area contributed by atoms with Gasteiger partial charge in [0, 0.05) is 22.7 Å². The van der Waals surface area contributed by atoms with Crippen LogP contribution in [0.2, 0.25) is 0 Å². The molecular weight excluding hydrogens is 414 g/mol. The number of benzene rings is 1. The van der Waals surface area contributed by atoms with Crippen molar-refractivity contribution >= 4 is 34.9 Å². The quantitative estimate of drug-likeness (QED) is 0.737. The van der Waals surface area contributed by atoms with Crippen molar-refractivity contribution in [2.45, 2.75) is 31.8 Å². The Morgan fingerprint density at radius 3 is 2.60 bits per heavy atom. The van der Waals surface area contributed by atoms with Crippen LogP contribution in [0.25, 0.3) is 0 Å². The van der Waals surface area contributed by atoms with Crippen molar-refractivity contribution in [1.82, 2.24) is 15.1 Å². The van der Waals surface area contributed by atoms with Gasteiger partial charge in [0.1, 0.15) is 6.04 Å². The summed E-state index contributed by atoms with van der Waals surface area (Å²) in [5, 5.41) is 5.28. The predicted octanol–water partition coefficient (Wildman–Crippen LogP) is 3.85. The standard InChI is InChI=1S/C23H29N3O2S2/c1-17-9-11-25(12-10-17)19(21-8-5-13-30-21)14-24-22(27)20-15-29-16-26(20)23(28)18-6-3-2-4-7-18/h2-8,13,17,19-20H,9-12,14-16H2,1H3,(H,24,27). The average Bonchev–Trinajstić information content (AvgIpc) is 3.47. The molecule has 7 heteroatoms. The maximum Gasteiger partial charge on any atom is 0.255 e. The summed E-state index contributed by atoms with van der Waals surface area (Å²) in [5.41, 5.74) is 0.636. The molecule has 2 atom stereocenters. The molecule has 5 nitrogen and oxygen atoms in total. The number of nitrogens with zero attached hydrogens (tertiary/aromatic N) is 2. The van der Waals surface area contributed by atoms with E-state index in [0.29, 0.717) is 23.7 Å². The second-order valence-electron chi connectivity index (χ2n) is 8.15. The first-order valence-electron chi connectivity index (χ1n) is 10.6. The maximum absolute atomic E-state index is 13.1. The summed E-state index contributed by atoms with van der Waals surface area (Å²) >= 11 is 3.39. The lowest BCUT2D eigenvalue weighted by atomic mass is 9.97. The predicted molar refractivity (Wildman–Crippen MR) is 124 cm³/mol. The number of nitrogens with one attached hydrogen (secondary N) is 1. The zero-order chi connectivity index (χ0) is 20.9. The highest BCUT2D eigenvalue weighted by Crippen LogP contribution is 2.29. The van der Waals surface area contributed by atoms with Crippen molar-refractivity contribution in [1.29, 1.82) is 0 Å². The molecule has 1 aromatic carbocycles. The minimum atomic E-state index is -0.409. The van der Waals surface area contributed by atoms with Crippen molar-refractivity contribution in [2.24, 2.45) is 5.92 Å². The van der Waals surface area contributed by atoms with Gasteiger partial charge in [-0.05, 0) is 55.4 Å². The Morgan fingerprint density at radius 2 is 1.90 bits per heavy atom. The van der Waals surface area contributed by atoms with E-state index >= 15 is 0 Å². The molecule has 1 aromatic heterocycles. The lowest BCUT2D eigenvalue weighted by molar-refractivity contribution is -0.124. The Labute approximate surface area is 186 Å². The van der Waals surface area contributed by atoms with Crippen LogP contribution < -0.4 is 5.32 Å². The fraction of sp³-hybridized carbons (Fsp3) is 0.478. The van der Waals surface area contributed by atoms with Gasteiger partial charge in [-0.1, -0.05) is 31.2 Å². The van der Waals surface area contributed by atoms with Crippen LogP contribution in [0.4, 0.5) is 0 Å². The molecule has 3 heterocycles. The van der Waals surface area contributed by atoms with E-state index in [0.717, 1.165) is 19.0 Å². The molecule has 0 radical (unpaired) electrons. The van der Waals surface area contributed by atoms with Crippen molar-refractivity contribution in [2.75, 3.05) is 31.3 Å². The van der Waals surface area contributed by atoms with E-state index in [1.54, 1.807) is 28.0 Å². The number of carbonyl (C=O) groups is 2. The lowest BCUT2D eigenvalue weighted by Crippen LogP contribution is -2.49. The van der Waals surface area contributed by atoms with Crippen molar-refractivity contribution in [3.8, 4) is 0 Å². The van der Waals surface area contributed by atoms with E-state index in [-0.39, 0.29) is 17.9 Å². The summed E-state index contributed by atoms with van der Waals surface area (Å²) in [6, 6.07) is 13.3. The first kappa shape index (κ1) is 21.4. The van der Waals surface area contributed by atoms with Gasteiger partial charge < -0.3 is 10.2 Å². The first-order chi connectivity index (χ1) is 14.6. The molecule has 0 bridgehead atoms. The van der Waals surface area contributed by atoms with Gasteiger partial charge >= 0.3 is 0 Å². The highest BCUT2D eigenvalue weighted by Gasteiger charge is 2.35. The van der Waals surface area contributed by atoms with Gasteiger partial charge in [0.2, 0.25) is 5.91 Å². The van der Waals surface area contributed by atoms with E-state index < -0.39 is 6.04 Å². The van der Waals surface area contributed by atoms with Gasteiger partial charge in [0.15, 0.2) is 0 Å². The first-order valence-corrected chi connectivity index (χ1v) is 12.7. The molecule has 2 saturated heterocycles. The van der Waals surface area contributed by atoms with Crippen molar-refractivity contribution < 1.29 is 9.59 Å². The Balaban J connectivity index is 1.41. The molecule has 2 aliphatic rings. The van der Waals surface area contributed by atoms with E-state index in [1.165, 1.54) is 17.7 Å². The lowest BCUT2D eigenvalue weighted by Gasteiger charge is -2.36. The number of likely N-dealkylation sites (tertiary alicyclic amines) is 1. The molecule has 160 valence electrons. The summed E-state index contributed by atoms with van der Waals surface area (Å²) in [6.45, 7) is 5.03. The van der Waals surface area contributed by atoms with Crippen molar-refractivity contribution in [3.05, 3.63) is 58.3 Å². The van der Waals surface area contributed by atoms with E-state index in [2.05, 4.69) is 34.7 Å². The Hall–Kier alpha value is -1.83. The third-order valence-electron chi connectivity index (χ3n) is 6.07. The van der Waals surface area contributed by atoms with Gasteiger partial charge in [-0.3, -0.25) is 14.5 Å². The van der Waals surface area contributed by atoms with Crippen LogP contribution in [0.1, 0.15) is 41.0 Å². The Bertz CT molecular complexity index is 835. The number of piperidine rings is 1.